The van der Waals surface area contributed by atoms with Gasteiger partial charge in [0.2, 0.25) is 0 Å². The maximum Gasteiger partial charge on any atom is 0.146 e. The zero-order valence-corrected chi connectivity index (χ0v) is 10.2. The van der Waals surface area contributed by atoms with Crippen LogP contribution in [-0.4, -0.2) is 7.11 Å². The van der Waals surface area contributed by atoms with Crippen molar-refractivity contribution in [2.75, 3.05) is 12.4 Å². The summed E-state index contributed by atoms with van der Waals surface area (Å²) in [6, 6.07) is 7.30. The van der Waals surface area contributed by atoms with E-state index in [1.807, 2.05) is 0 Å². The molecule has 5 heteroatoms. The van der Waals surface area contributed by atoms with Crippen LogP contribution in [0.1, 0.15) is 5.56 Å². The van der Waals surface area contributed by atoms with Crippen molar-refractivity contribution in [2.45, 2.75) is 6.54 Å². The predicted molar refractivity (Wildman–Crippen MR) is 66.6 cm³/mol. The van der Waals surface area contributed by atoms with E-state index in [0.29, 0.717) is 5.75 Å². The molecule has 1 N–H and O–H groups in total. The van der Waals surface area contributed by atoms with E-state index in [2.05, 4.69) is 5.32 Å². The summed E-state index contributed by atoms with van der Waals surface area (Å²) in [6.45, 7) is -0.0202. The van der Waals surface area contributed by atoms with Gasteiger partial charge in [-0.2, -0.15) is 0 Å². The average molecular weight is 267 g/mol. The molecule has 2 aromatic carbocycles. The fourth-order valence-corrected chi connectivity index (χ4v) is 1.64. The maximum absolute atomic E-state index is 13.5. The largest absolute Gasteiger partial charge is 0.497 e. The normalized spacial score (nSPS) is 10.3. The monoisotopic (exact) mass is 267 g/mol. The lowest BCUT2D eigenvalue weighted by molar-refractivity contribution is 0.414. The molecule has 19 heavy (non-hydrogen) atoms. The van der Waals surface area contributed by atoms with Crippen molar-refractivity contribution in [3.63, 3.8) is 0 Å². The van der Waals surface area contributed by atoms with Crippen molar-refractivity contribution in [1.82, 2.24) is 0 Å². The Hall–Kier alpha value is -2.17. The molecule has 0 fully saturated rings. The average Bonchev–Trinajstić information content (AvgIpc) is 2.41. The summed E-state index contributed by atoms with van der Waals surface area (Å²) in [4.78, 5) is 0. The predicted octanol–water partition coefficient (Wildman–Crippen LogP) is 3.72. The van der Waals surface area contributed by atoms with Crippen LogP contribution in [0.25, 0.3) is 0 Å². The van der Waals surface area contributed by atoms with Crippen LogP contribution in [0.4, 0.5) is 18.9 Å². The molecule has 0 bridgehead atoms. The van der Waals surface area contributed by atoms with Crippen LogP contribution in [0.3, 0.4) is 0 Å². The minimum atomic E-state index is -0.544. The minimum Gasteiger partial charge on any atom is -0.497 e. The van der Waals surface area contributed by atoms with E-state index in [1.165, 1.54) is 25.3 Å². The Morgan fingerprint density at radius 1 is 1.00 bits per heavy atom. The van der Waals surface area contributed by atoms with E-state index in [1.54, 1.807) is 0 Å². The maximum atomic E-state index is 13.5. The molecule has 2 aromatic rings. The quantitative estimate of drug-likeness (QED) is 0.911. The molecule has 0 aliphatic heterocycles. The standard InChI is InChI=1S/C14H12F3NO/c1-19-11-3-5-13(17)14(7-11)18-8-9-6-10(15)2-4-12(9)16/h2-7,18H,8H2,1H3. The van der Waals surface area contributed by atoms with Gasteiger partial charge in [-0.05, 0) is 30.3 Å². The molecule has 2 nitrogen and oxygen atoms in total. The lowest BCUT2D eigenvalue weighted by atomic mass is 10.2. The van der Waals surface area contributed by atoms with Gasteiger partial charge in [0.1, 0.15) is 23.2 Å². The van der Waals surface area contributed by atoms with Crippen molar-refractivity contribution in [2.24, 2.45) is 0 Å². The number of nitrogens with one attached hydrogen (secondary N) is 1. The van der Waals surface area contributed by atoms with Crippen LogP contribution < -0.4 is 10.1 Å². The van der Waals surface area contributed by atoms with Gasteiger partial charge in [-0.1, -0.05) is 0 Å². The van der Waals surface area contributed by atoms with Crippen LogP contribution in [0.2, 0.25) is 0 Å². The molecular formula is C14H12F3NO. The Bertz CT molecular complexity index is 587. The number of hydrogen-bond acceptors (Lipinski definition) is 2. The molecule has 0 aliphatic rings. The Kier molecular flexibility index (Phi) is 3.94. The third kappa shape index (κ3) is 3.19. The molecule has 2 rings (SSSR count). The second-order valence-corrected chi connectivity index (χ2v) is 3.94. The number of methoxy groups -OCH3 is 1. The number of hydrogen-bond donors (Lipinski definition) is 1. The number of halogens is 3. The third-order valence-electron chi connectivity index (χ3n) is 2.65. The molecule has 0 unspecified atom stereocenters. The molecule has 0 spiro atoms. The molecule has 0 aliphatic carbocycles. The first-order valence-corrected chi connectivity index (χ1v) is 5.61. The zero-order valence-electron chi connectivity index (χ0n) is 10.2. The first-order chi connectivity index (χ1) is 9.10. The van der Waals surface area contributed by atoms with E-state index in [-0.39, 0.29) is 17.8 Å². The van der Waals surface area contributed by atoms with Crippen molar-refractivity contribution < 1.29 is 17.9 Å². The van der Waals surface area contributed by atoms with Crippen LogP contribution in [0.5, 0.6) is 5.75 Å². The Morgan fingerprint density at radius 2 is 1.74 bits per heavy atom. The van der Waals surface area contributed by atoms with E-state index in [0.717, 1.165) is 18.2 Å². The molecule has 0 radical (unpaired) electrons. The summed E-state index contributed by atoms with van der Waals surface area (Å²) in [5.41, 5.74) is 0.297. The van der Waals surface area contributed by atoms with Crippen LogP contribution in [0, 0.1) is 17.5 Å². The summed E-state index contributed by atoms with van der Waals surface area (Å²) in [5.74, 6) is -1.09. The van der Waals surface area contributed by atoms with Gasteiger partial charge in [-0.15, -0.1) is 0 Å². The van der Waals surface area contributed by atoms with Gasteiger partial charge >= 0.3 is 0 Å². The van der Waals surface area contributed by atoms with Gasteiger partial charge in [-0.25, -0.2) is 13.2 Å². The Morgan fingerprint density at radius 3 is 2.47 bits per heavy atom. The first kappa shape index (κ1) is 13.3. The van der Waals surface area contributed by atoms with E-state index >= 15 is 0 Å². The van der Waals surface area contributed by atoms with Gasteiger partial charge in [0.15, 0.2) is 0 Å². The highest BCUT2D eigenvalue weighted by Crippen LogP contribution is 2.22. The highest BCUT2D eigenvalue weighted by atomic mass is 19.1. The van der Waals surface area contributed by atoms with Gasteiger partial charge in [-0.3, -0.25) is 0 Å². The molecule has 0 heterocycles. The van der Waals surface area contributed by atoms with Gasteiger partial charge in [0.05, 0.1) is 12.8 Å². The molecular weight excluding hydrogens is 255 g/mol. The van der Waals surface area contributed by atoms with Crippen LogP contribution in [0.15, 0.2) is 36.4 Å². The van der Waals surface area contributed by atoms with Crippen LogP contribution in [-0.2, 0) is 6.54 Å². The van der Waals surface area contributed by atoms with E-state index < -0.39 is 17.5 Å². The SMILES string of the molecule is COc1ccc(F)c(NCc2cc(F)ccc2F)c1. The lowest BCUT2D eigenvalue weighted by Crippen LogP contribution is -2.04. The molecule has 100 valence electrons. The zero-order chi connectivity index (χ0) is 13.8. The van der Waals surface area contributed by atoms with Crippen molar-refractivity contribution in [3.8, 4) is 5.75 Å². The topological polar surface area (TPSA) is 21.3 Å². The fourth-order valence-electron chi connectivity index (χ4n) is 1.64. The van der Waals surface area contributed by atoms with Gasteiger partial charge in [0, 0.05) is 18.2 Å². The highest BCUT2D eigenvalue weighted by molar-refractivity contribution is 5.50. The molecule has 0 saturated carbocycles. The molecule has 0 aromatic heterocycles. The van der Waals surface area contributed by atoms with Crippen LogP contribution >= 0.6 is 0 Å². The van der Waals surface area contributed by atoms with E-state index in [4.69, 9.17) is 4.74 Å². The molecule has 0 atom stereocenters. The molecule has 0 saturated heterocycles. The minimum absolute atomic E-state index is 0.0202. The molecule has 0 amide bonds. The van der Waals surface area contributed by atoms with Gasteiger partial charge < -0.3 is 10.1 Å². The highest BCUT2D eigenvalue weighted by Gasteiger charge is 2.07. The van der Waals surface area contributed by atoms with Crippen molar-refractivity contribution >= 4 is 5.69 Å². The van der Waals surface area contributed by atoms with Crippen molar-refractivity contribution in [3.05, 3.63) is 59.4 Å². The van der Waals surface area contributed by atoms with Gasteiger partial charge in [0.25, 0.3) is 0 Å². The third-order valence-corrected chi connectivity index (χ3v) is 2.65. The summed E-state index contributed by atoms with van der Waals surface area (Å²) >= 11 is 0. The number of anilines is 1. The Labute approximate surface area is 108 Å². The summed E-state index contributed by atoms with van der Waals surface area (Å²) in [7, 11) is 1.46. The lowest BCUT2D eigenvalue weighted by Gasteiger charge is -2.10. The summed E-state index contributed by atoms with van der Waals surface area (Å²) < 4.78 is 44.8. The first-order valence-electron chi connectivity index (χ1n) is 5.61. The smallest absolute Gasteiger partial charge is 0.146 e. The number of benzene rings is 2. The number of ether oxygens (including phenoxy) is 1. The summed E-state index contributed by atoms with van der Waals surface area (Å²) in [6.07, 6.45) is 0. The second-order valence-electron chi connectivity index (χ2n) is 3.94. The number of rotatable bonds is 4. The fraction of sp³-hybridized carbons (Fsp3) is 0.143. The van der Waals surface area contributed by atoms with E-state index in [9.17, 15) is 13.2 Å². The summed E-state index contributed by atoms with van der Waals surface area (Å²) in [5, 5.41) is 2.71. The Balaban J connectivity index is 2.16. The second kappa shape index (κ2) is 5.65. The van der Waals surface area contributed by atoms with Crippen molar-refractivity contribution in [1.29, 1.82) is 0 Å².